The first-order valence-electron chi connectivity index (χ1n) is 6.11. The predicted molar refractivity (Wildman–Crippen MR) is 61.9 cm³/mol. The number of aliphatic hydroxyl groups is 1. The first kappa shape index (κ1) is 12.9. The number of hydrogen-bond donors (Lipinski definition) is 1. The largest absolute Gasteiger partial charge is 0.392 e. The molecule has 0 radical (unpaired) electrons. The third kappa shape index (κ3) is 4.09. The molecule has 90 valence electrons. The summed E-state index contributed by atoms with van der Waals surface area (Å²) < 4.78 is 5.34. The van der Waals surface area contributed by atoms with Crippen LogP contribution in [0.4, 0.5) is 0 Å². The number of hydrogen-bond acceptors (Lipinski definition) is 3. The molecule has 3 heteroatoms. The second kappa shape index (κ2) is 6.46. The Balaban J connectivity index is 2.29. The molecule has 1 N–H and O–H groups in total. The lowest BCUT2D eigenvalue weighted by atomic mass is 9.98. The minimum Gasteiger partial charge on any atom is -0.392 e. The van der Waals surface area contributed by atoms with Crippen LogP contribution in [0.25, 0.3) is 0 Å². The molecule has 0 spiro atoms. The molecule has 0 amide bonds. The molecule has 0 aromatic heterocycles. The zero-order chi connectivity index (χ0) is 11.3. The lowest BCUT2D eigenvalue weighted by Gasteiger charge is -2.33. The fourth-order valence-corrected chi connectivity index (χ4v) is 2.14. The molecule has 1 saturated heterocycles. The molecule has 1 fully saturated rings. The van der Waals surface area contributed by atoms with Crippen LogP contribution in [0.15, 0.2) is 0 Å². The molecule has 1 heterocycles. The zero-order valence-electron chi connectivity index (χ0n) is 10.3. The van der Waals surface area contributed by atoms with Crippen molar-refractivity contribution in [3.8, 4) is 0 Å². The van der Waals surface area contributed by atoms with Crippen molar-refractivity contribution in [1.82, 2.24) is 4.90 Å². The summed E-state index contributed by atoms with van der Waals surface area (Å²) in [6.45, 7) is 7.03. The summed E-state index contributed by atoms with van der Waals surface area (Å²) >= 11 is 0. The lowest BCUT2D eigenvalue weighted by Crippen LogP contribution is -2.42. The summed E-state index contributed by atoms with van der Waals surface area (Å²) in [5, 5.41) is 9.76. The van der Waals surface area contributed by atoms with Gasteiger partial charge in [0.15, 0.2) is 0 Å². The Hall–Kier alpha value is -0.120. The van der Waals surface area contributed by atoms with Gasteiger partial charge in [-0.05, 0) is 39.2 Å². The number of aliphatic hydroxyl groups excluding tert-OH is 1. The summed E-state index contributed by atoms with van der Waals surface area (Å²) in [5.74, 6) is 0.746. The number of nitrogens with zero attached hydrogens (tertiary/aromatic N) is 1. The van der Waals surface area contributed by atoms with Gasteiger partial charge >= 0.3 is 0 Å². The van der Waals surface area contributed by atoms with E-state index in [1.54, 1.807) is 0 Å². The molecule has 15 heavy (non-hydrogen) atoms. The van der Waals surface area contributed by atoms with Gasteiger partial charge in [0.25, 0.3) is 0 Å². The van der Waals surface area contributed by atoms with Crippen LogP contribution in [0.1, 0.15) is 33.1 Å². The molecule has 2 atom stereocenters. The third-order valence-corrected chi connectivity index (χ3v) is 3.56. The Labute approximate surface area is 93.4 Å². The highest BCUT2D eigenvalue weighted by atomic mass is 16.5. The van der Waals surface area contributed by atoms with E-state index in [0.29, 0.717) is 0 Å². The predicted octanol–water partition coefficient (Wildman–Crippen LogP) is 1.50. The van der Waals surface area contributed by atoms with Crippen LogP contribution < -0.4 is 0 Å². The van der Waals surface area contributed by atoms with Crippen molar-refractivity contribution >= 4 is 0 Å². The molecule has 3 nitrogen and oxygen atoms in total. The minimum atomic E-state index is -0.199. The molecular weight excluding hydrogens is 190 g/mol. The highest BCUT2D eigenvalue weighted by Crippen LogP contribution is 2.17. The van der Waals surface area contributed by atoms with Gasteiger partial charge in [-0.1, -0.05) is 6.92 Å². The molecule has 2 unspecified atom stereocenters. The van der Waals surface area contributed by atoms with Crippen LogP contribution >= 0.6 is 0 Å². The van der Waals surface area contributed by atoms with Crippen molar-refractivity contribution < 1.29 is 9.84 Å². The molecule has 0 aliphatic carbocycles. The van der Waals surface area contributed by atoms with Crippen molar-refractivity contribution in [1.29, 1.82) is 0 Å². The van der Waals surface area contributed by atoms with Crippen molar-refractivity contribution in [2.45, 2.75) is 45.3 Å². The normalized spacial score (nSPS) is 23.0. The minimum absolute atomic E-state index is 0.199. The van der Waals surface area contributed by atoms with Gasteiger partial charge in [-0.2, -0.15) is 0 Å². The molecule has 1 rings (SSSR count). The van der Waals surface area contributed by atoms with E-state index in [1.807, 2.05) is 6.92 Å². The van der Waals surface area contributed by atoms with E-state index in [9.17, 15) is 5.11 Å². The second-order valence-electron chi connectivity index (χ2n) is 4.71. The van der Waals surface area contributed by atoms with Gasteiger partial charge < -0.3 is 14.7 Å². The van der Waals surface area contributed by atoms with Crippen LogP contribution in [0.3, 0.4) is 0 Å². The van der Waals surface area contributed by atoms with Crippen LogP contribution in [-0.4, -0.2) is 49.0 Å². The topological polar surface area (TPSA) is 32.7 Å². The number of ether oxygens (including phenoxy) is 1. The lowest BCUT2D eigenvalue weighted by molar-refractivity contribution is 0.0288. The van der Waals surface area contributed by atoms with Gasteiger partial charge in [0, 0.05) is 25.8 Å². The maximum Gasteiger partial charge on any atom is 0.0690 e. The highest BCUT2D eigenvalue weighted by Gasteiger charge is 2.21. The van der Waals surface area contributed by atoms with E-state index in [2.05, 4.69) is 18.9 Å². The number of rotatable bonds is 5. The Kier molecular flexibility index (Phi) is 5.58. The molecule has 0 aromatic rings. The molecule has 1 aliphatic rings. The quantitative estimate of drug-likeness (QED) is 0.754. The van der Waals surface area contributed by atoms with Gasteiger partial charge in [-0.3, -0.25) is 0 Å². The average molecular weight is 215 g/mol. The van der Waals surface area contributed by atoms with Crippen LogP contribution in [0.5, 0.6) is 0 Å². The third-order valence-electron chi connectivity index (χ3n) is 3.56. The molecule has 0 saturated carbocycles. The van der Waals surface area contributed by atoms with Crippen LogP contribution in [-0.2, 0) is 4.74 Å². The Bertz CT molecular complexity index is 169. The van der Waals surface area contributed by atoms with Gasteiger partial charge in [0.05, 0.1) is 6.10 Å². The summed E-state index contributed by atoms with van der Waals surface area (Å²) in [6.07, 6.45) is 2.97. The first-order chi connectivity index (χ1) is 7.15. The molecule has 0 bridgehead atoms. The van der Waals surface area contributed by atoms with E-state index >= 15 is 0 Å². The first-order valence-corrected chi connectivity index (χ1v) is 6.11. The van der Waals surface area contributed by atoms with Crippen molar-refractivity contribution in [2.75, 3.05) is 26.8 Å². The van der Waals surface area contributed by atoms with Crippen LogP contribution in [0, 0.1) is 5.92 Å². The molecule has 1 aliphatic heterocycles. The number of likely N-dealkylation sites (N-methyl/N-ethyl adjacent to an activating group) is 1. The Morgan fingerprint density at radius 1 is 1.40 bits per heavy atom. The van der Waals surface area contributed by atoms with Crippen molar-refractivity contribution in [2.24, 2.45) is 5.92 Å². The molecule has 0 aromatic carbocycles. The maximum absolute atomic E-state index is 9.76. The zero-order valence-corrected chi connectivity index (χ0v) is 10.3. The smallest absolute Gasteiger partial charge is 0.0690 e. The van der Waals surface area contributed by atoms with E-state index in [4.69, 9.17) is 4.74 Å². The fourth-order valence-electron chi connectivity index (χ4n) is 2.14. The van der Waals surface area contributed by atoms with Crippen molar-refractivity contribution in [3.63, 3.8) is 0 Å². The van der Waals surface area contributed by atoms with Crippen molar-refractivity contribution in [3.05, 3.63) is 0 Å². The van der Waals surface area contributed by atoms with Gasteiger partial charge in [-0.15, -0.1) is 0 Å². The van der Waals surface area contributed by atoms with E-state index in [1.165, 1.54) is 12.8 Å². The van der Waals surface area contributed by atoms with Crippen LogP contribution in [0.2, 0.25) is 0 Å². The SMILES string of the molecule is CCC(O)C(C)N(C)CC1CCOCC1. The van der Waals surface area contributed by atoms with E-state index < -0.39 is 0 Å². The Morgan fingerprint density at radius 3 is 2.53 bits per heavy atom. The monoisotopic (exact) mass is 215 g/mol. The van der Waals surface area contributed by atoms with Gasteiger partial charge in [0.2, 0.25) is 0 Å². The molecular formula is C12H25NO2. The van der Waals surface area contributed by atoms with Gasteiger partial charge in [-0.25, -0.2) is 0 Å². The summed E-state index contributed by atoms with van der Waals surface area (Å²) in [5.41, 5.74) is 0. The fraction of sp³-hybridized carbons (Fsp3) is 1.00. The summed E-state index contributed by atoms with van der Waals surface area (Å²) in [6, 6.07) is 0.262. The maximum atomic E-state index is 9.76. The highest BCUT2D eigenvalue weighted by molar-refractivity contribution is 4.75. The second-order valence-corrected chi connectivity index (χ2v) is 4.71. The van der Waals surface area contributed by atoms with E-state index in [0.717, 1.165) is 32.1 Å². The summed E-state index contributed by atoms with van der Waals surface area (Å²) in [7, 11) is 2.11. The Morgan fingerprint density at radius 2 is 2.00 bits per heavy atom. The average Bonchev–Trinajstić information content (AvgIpc) is 2.28. The van der Waals surface area contributed by atoms with E-state index in [-0.39, 0.29) is 12.1 Å². The standard InChI is InChI=1S/C12H25NO2/c1-4-12(14)10(2)13(3)9-11-5-7-15-8-6-11/h10-12,14H,4-9H2,1-3H3. The van der Waals surface area contributed by atoms with Gasteiger partial charge in [0.1, 0.15) is 0 Å². The summed E-state index contributed by atoms with van der Waals surface area (Å²) in [4.78, 5) is 2.28.